The van der Waals surface area contributed by atoms with Crippen LogP contribution in [-0.2, 0) is 16.8 Å². The van der Waals surface area contributed by atoms with Crippen LogP contribution in [-0.4, -0.2) is 21.6 Å². The maximum absolute atomic E-state index is 11.8. The molecule has 0 aliphatic heterocycles. The third-order valence-corrected chi connectivity index (χ3v) is 3.75. The van der Waals surface area contributed by atoms with Gasteiger partial charge in [0.2, 0.25) is 11.8 Å². The zero-order valence-corrected chi connectivity index (χ0v) is 12.5. The molecule has 1 saturated carbocycles. The summed E-state index contributed by atoms with van der Waals surface area (Å²) in [6.45, 7) is 6.41. The Hall–Kier alpha value is -1.36. The van der Waals surface area contributed by atoms with Crippen LogP contribution in [0.5, 0.6) is 0 Å². The van der Waals surface area contributed by atoms with Crippen molar-refractivity contribution in [2.45, 2.75) is 70.4 Å². The molecule has 5 nitrogen and oxygen atoms in total. The second kappa shape index (κ2) is 5.56. The van der Waals surface area contributed by atoms with Crippen molar-refractivity contribution in [3.05, 3.63) is 17.8 Å². The van der Waals surface area contributed by atoms with Gasteiger partial charge in [0.15, 0.2) is 0 Å². The zero-order chi connectivity index (χ0) is 14.8. The van der Waals surface area contributed by atoms with E-state index in [9.17, 15) is 9.90 Å². The van der Waals surface area contributed by atoms with Crippen molar-refractivity contribution in [1.82, 2.24) is 10.3 Å². The van der Waals surface area contributed by atoms with Gasteiger partial charge in [-0.15, -0.1) is 0 Å². The lowest BCUT2D eigenvalue weighted by Gasteiger charge is -2.20. The van der Waals surface area contributed by atoms with Crippen LogP contribution in [0, 0.1) is 0 Å². The highest BCUT2D eigenvalue weighted by atomic mass is 16.4. The molecule has 112 valence electrons. The minimum Gasteiger partial charge on any atom is -0.443 e. The lowest BCUT2D eigenvalue weighted by atomic mass is 9.94. The maximum atomic E-state index is 11.8. The number of aromatic nitrogens is 1. The van der Waals surface area contributed by atoms with E-state index in [1.165, 1.54) is 0 Å². The number of rotatable bonds is 4. The van der Waals surface area contributed by atoms with Crippen LogP contribution < -0.4 is 5.32 Å². The van der Waals surface area contributed by atoms with E-state index >= 15 is 0 Å². The summed E-state index contributed by atoms with van der Waals surface area (Å²) in [5.41, 5.74) is -0.897. The molecule has 0 aromatic carbocycles. The fraction of sp³-hybridized carbons (Fsp3) is 0.733. The fourth-order valence-electron chi connectivity index (χ4n) is 2.48. The summed E-state index contributed by atoms with van der Waals surface area (Å²) < 4.78 is 5.61. The second-order valence-electron chi connectivity index (χ2n) is 6.75. The molecule has 0 unspecified atom stereocenters. The van der Waals surface area contributed by atoms with Gasteiger partial charge < -0.3 is 14.8 Å². The molecule has 2 N–H and O–H groups in total. The van der Waals surface area contributed by atoms with Gasteiger partial charge in [0.05, 0.1) is 24.8 Å². The molecule has 5 heteroatoms. The largest absolute Gasteiger partial charge is 0.443 e. The van der Waals surface area contributed by atoms with E-state index in [1.54, 1.807) is 6.20 Å². The number of aliphatic hydroxyl groups is 1. The fourth-order valence-corrected chi connectivity index (χ4v) is 2.48. The van der Waals surface area contributed by atoms with Gasteiger partial charge in [-0.3, -0.25) is 4.79 Å². The Morgan fingerprint density at radius 2 is 2.10 bits per heavy atom. The third-order valence-electron chi connectivity index (χ3n) is 3.75. The molecule has 1 aliphatic rings. The van der Waals surface area contributed by atoms with Gasteiger partial charge in [-0.25, -0.2) is 4.98 Å². The minimum absolute atomic E-state index is 0.0890. The van der Waals surface area contributed by atoms with Crippen molar-refractivity contribution >= 4 is 5.91 Å². The molecule has 1 fully saturated rings. The van der Waals surface area contributed by atoms with Gasteiger partial charge in [-0.2, -0.15) is 0 Å². The molecule has 0 saturated heterocycles. The lowest BCUT2D eigenvalue weighted by molar-refractivity contribution is -0.126. The third kappa shape index (κ3) is 3.82. The Kier molecular flexibility index (Phi) is 4.18. The first-order chi connectivity index (χ1) is 9.28. The van der Waals surface area contributed by atoms with Gasteiger partial charge in [0.1, 0.15) is 5.76 Å². The van der Waals surface area contributed by atoms with E-state index < -0.39 is 5.60 Å². The van der Waals surface area contributed by atoms with E-state index in [0.717, 1.165) is 18.6 Å². The van der Waals surface area contributed by atoms with Crippen molar-refractivity contribution in [3.8, 4) is 0 Å². The summed E-state index contributed by atoms with van der Waals surface area (Å²) >= 11 is 0. The van der Waals surface area contributed by atoms with E-state index in [1.807, 2.05) is 20.8 Å². The Morgan fingerprint density at radius 1 is 1.45 bits per heavy atom. The summed E-state index contributed by atoms with van der Waals surface area (Å²) in [4.78, 5) is 16.0. The van der Waals surface area contributed by atoms with Gasteiger partial charge in [-0.1, -0.05) is 33.6 Å². The van der Waals surface area contributed by atoms with Crippen molar-refractivity contribution in [3.63, 3.8) is 0 Å². The van der Waals surface area contributed by atoms with Gasteiger partial charge in [0.25, 0.3) is 0 Å². The molecule has 1 aromatic heterocycles. The van der Waals surface area contributed by atoms with Crippen LogP contribution in [0.4, 0.5) is 0 Å². The number of nitrogens with one attached hydrogen (secondary N) is 1. The van der Waals surface area contributed by atoms with E-state index in [0.29, 0.717) is 18.7 Å². The highest BCUT2D eigenvalue weighted by Gasteiger charge is 2.33. The first-order valence-corrected chi connectivity index (χ1v) is 7.23. The highest BCUT2D eigenvalue weighted by molar-refractivity contribution is 5.76. The Bertz CT molecular complexity index is 468. The summed E-state index contributed by atoms with van der Waals surface area (Å²) in [5.74, 6) is 1.16. The van der Waals surface area contributed by atoms with Crippen LogP contribution >= 0.6 is 0 Å². The summed E-state index contributed by atoms with van der Waals surface area (Å²) in [6.07, 6.45) is 5.30. The highest BCUT2D eigenvalue weighted by Crippen LogP contribution is 2.32. The monoisotopic (exact) mass is 280 g/mol. The summed E-state index contributed by atoms with van der Waals surface area (Å²) in [7, 11) is 0. The van der Waals surface area contributed by atoms with Crippen LogP contribution in [0.3, 0.4) is 0 Å². The topological polar surface area (TPSA) is 75.4 Å². The van der Waals surface area contributed by atoms with E-state index in [2.05, 4.69) is 10.3 Å². The smallest absolute Gasteiger partial charge is 0.223 e. The van der Waals surface area contributed by atoms with E-state index in [4.69, 9.17) is 4.42 Å². The maximum Gasteiger partial charge on any atom is 0.223 e. The second-order valence-corrected chi connectivity index (χ2v) is 6.75. The number of amides is 1. The van der Waals surface area contributed by atoms with Gasteiger partial charge in [0, 0.05) is 5.41 Å². The van der Waals surface area contributed by atoms with Gasteiger partial charge in [-0.05, 0) is 12.8 Å². The molecule has 1 aliphatic carbocycles. The number of nitrogens with zero attached hydrogens (tertiary/aromatic N) is 1. The molecular weight excluding hydrogens is 256 g/mol. The molecular formula is C15H24N2O3. The molecule has 1 aromatic rings. The van der Waals surface area contributed by atoms with Crippen LogP contribution in [0.15, 0.2) is 10.6 Å². The van der Waals surface area contributed by atoms with Crippen molar-refractivity contribution in [2.75, 3.05) is 0 Å². The first-order valence-electron chi connectivity index (χ1n) is 7.23. The molecule has 2 rings (SSSR count). The minimum atomic E-state index is -0.808. The van der Waals surface area contributed by atoms with Crippen LogP contribution in [0.25, 0.3) is 0 Å². The SMILES string of the molecule is CC(C)(C)c1cnc(CNC(=O)CC2(O)CCCC2)o1. The van der Waals surface area contributed by atoms with E-state index in [-0.39, 0.29) is 24.3 Å². The molecule has 0 radical (unpaired) electrons. The molecule has 0 bridgehead atoms. The lowest BCUT2D eigenvalue weighted by Crippen LogP contribution is -2.34. The Balaban J connectivity index is 1.83. The van der Waals surface area contributed by atoms with Crippen LogP contribution in [0.2, 0.25) is 0 Å². The average Bonchev–Trinajstić information content (AvgIpc) is 2.94. The quantitative estimate of drug-likeness (QED) is 0.887. The van der Waals surface area contributed by atoms with Crippen molar-refractivity contribution in [2.24, 2.45) is 0 Å². The van der Waals surface area contributed by atoms with Crippen molar-refractivity contribution < 1.29 is 14.3 Å². The number of carbonyl (C=O) groups is 1. The Morgan fingerprint density at radius 3 is 2.65 bits per heavy atom. The van der Waals surface area contributed by atoms with Crippen LogP contribution in [0.1, 0.15) is 64.5 Å². The standard InChI is InChI=1S/C15H24N2O3/c1-14(2,3)11-9-17-13(20-11)10-16-12(18)8-15(19)6-4-5-7-15/h9,19H,4-8,10H2,1-3H3,(H,16,18). The predicted molar refractivity (Wildman–Crippen MR) is 75.1 cm³/mol. The number of oxazole rings is 1. The Labute approximate surface area is 119 Å². The molecule has 0 atom stereocenters. The number of hydrogen-bond donors (Lipinski definition) is 2. The molecule has 0 spiro atoms. The molecule has 1 heterocycles. The number of carbonyl (C=O) groups excluding carboxylic acids is 1. The normalized spacial score (nSPS) is 18.2. The van der Waals surface area contributed by atoms with Crippen molar-refractivity contribution in [1.29, 1.82) is 0 Å². The van der Waals surface area contributed by atoms with Gasteiger partial charge >= 0.3 is 0 Å². The summed E-state index contributed by atoms with van der Waals surface area (Å²) in [5, 5.41) is 12.9. The zero-order valence-electron chi connectivity index (χ0n) is 12.5. The number of hydrogen-bond acceptors (Lipinski definition) is 4. The summed E-state index contributed by atoms with van der Waals surface area (Å²) in [6, 6.07) is 0. The average molecular weight is 280 g/mol. The molecule has 20 heavy (non-hydrogen) atoms. The predicted octanol–water partition coefficient (Wildman–Crippen LogP) is 2.28. The first kappa shape index (κ1) is 15.0. The molecule has 1 amide bonds.